The first-order valence-electron chi connectivity index (χ1n) is 25.8. The minimum absolute atomic E-state index is 0.0354. The van der Waals surface area contributed by atoms with Crippen LogP contribution in [0.25, 0.3) is 21.7 Å². The molecule has 0 radical (unpaired) electrons. The van der Waals surface area contributed by atoms with Gasteiger partial charge in [0.05, 0.1) is 28.3 Å². The maximum atomic E-state index is 6.04. The van der Waals surface area contributed by atoms with Gasteiger partial charge in [0.2, 0.25) is 0 Å². The van der Waals surface area contributed by atoms with Gasteiger partial charge in [-0.1, -0.05) is 118 Å². The second kappa shape index (κ2) is 11.6. The second-order valence-corrected chi connectivity index (χ2v) is 24.3. The van der Waals surface area contributed by atoms with E-state index in [1.807, 2.05) is 0 Å². The number of aromatic nitrogens is 1. The van der Waals surface area contributed by atoms with Crippen molar-refractivity contribution in [2.75, 3.05) is 9.80 Å². The molecule has 19 rings (SSSR count). The van der Waals surface area contributed by atoms with E-state index in [0.717, 1.165) is 29.2 Å². The van der Waals surface area contributed by atoms with E-state index in [2.05, 4.69) is 146 Å². The molecule has 4 aliphatic heterocycles. The molecule has 6 aromatic carbocycles. The lowest BCUT2D eigenvalue weighted by molar-refractivity contribution is -0.0419. The van der Waals surface area contributed by atoms with Crippen LogP contribution in [0.15, 0.2) is 115 Å². The Kier molecular flexibility index (Phi) is 6.40. The fourth-order valence-corrected chi connectivity index (χ4v) is 19.2. The van der Waals surface area contributed by atoms with Crippen molar-refractivity contribution in [3.8, 4) is 0 Å². The van der Waals surface area contributed by atoms with Crippen LogP contribution in [0.2, 0.25) is 0 Å². The molecule has 0 N–H and O–H groups in total. The first-order valence-corrected chi connectivity index (χ1v) is 25.8. The third kappa shape index (κ3) is 3.97. The van der Waals surface area contributed by atoms with E-state index < -0.39 is 0 Å². The average molecular weight is 842 g/mol. The summed E-state index contributed by atoms with van der Waals surface area (Å²) in [4.78, 5) is 11.7. The van der Waals surface area contributed by atoms with Gasteiger partial charge >= 0.3 is 0 Å². The van der Waals surface area contributed by atoms with E-state index in [0.29, 0.717) is 23.7 Å². The van der Waals surface area contributed by atoms with E-state index in [9.17, 15) is 0 Å². The molecule has 0 unspecified atom stereocenters. The Morgan fingerprint density at radius 2 is 0.923 bits per heavy atom. The maximum absolute atomic E-state index is 6.04. The predicted octanol–water partition coefficient (Wildman–Crippen LogP) is 12.9. The zero-order chi connectivity index (χ0) is 42.5. The summed E-state index contributed by atoms with van der Waals surface area (Å²) in [7, 11) is 0. The number of para-hydroxylation sites is 4. The standard InChI is InChI=1S/C61H56BN3/c1-59(2,3)58-42-13-5-4-12-41(42)43-32-52-53-57(54(43)63-58)65-51-21-9-7-15-45(51)61(39-28-35-23-36(30-39)31-40(61)29-35)47-17-11-19-49(56(47)65)62(53)48-18-10-16-46-55(48)64(52)50-20-8-6-14-44(50)60(46)37-24-33-22-34(26-37)27-38(60)25-33/h4-21,32-40H,22-31H2,1-3H3. The number of hydrogen-bond donors (Lipinski definition) is 0. The van der Waals surface area contributed by atoms with Gasteiger partial charge in [-0.05, 0) is 174 Å². The lowest BCUT2D eigenvalue weighted by Gasteiger charge is -2.65. The normalized spacial score (nSPS) is 32.9. The summed E-state index contributed by atoms with van der Waals surface area (Å²) in [6.07, 6.45) is 14.0. The van der Waals surface area contributed by atoms with Crippen molar-refractivity contribution in [2.24, 2.45) is 47.3 Å². The van der Waals surface area contributed by atoms with Gasteiger partial charge in [0, 0.05) is 44.1 Å². The Morgan fingerprint density at radius 3 is 1.46 bits per heavy atom. The first-order chi connectivity index (χ1) is 31.8. The Labute approximate surface area is 383 Å². The van der Waals surface area contributed by atoms with Crippen molar-refractivity contribution in [3.05, 3.63) is 143 Å². The second-order valence-electron chi connectivity index (χ2n) is 24.3. The Morgan fingerprint density at radius 1 is 0.462 bits per heavy atom. The fraction of sp³-hybridized carbons (Fsp3) is 0.393. The van der Waals surface area contributed by atoms with Gasteiger partial charge in [-0.15, -0.1) is 0 Å². The molecule has 1 aromatic heterocycles. The zero-order valence-corrected chi connectivity index (χ0v) is 38.1. The zero-order valence-electron chi connectivity index (χ0n) is 38.1. The summed E-state index contributed by atoms with van der Waals surface area (Å²) >= 11 is 0. The van der Waals surface area contributed by atoms with Crippen molar-refractivity contribution in [3.63, 3.8) is 0 Å². The first kappa shape index (κ1) is 35.9. The van der Waals surface area contributed by atoms with Gasteiger partial charge in [0.15, 0.2) is 0 Å². The highest BCUT2D eigenvalue weighted by atomic mass is 15.2. The molecular formula is C61H56BN3. The van der Waals surface area contributed by atoms with E-state index in [-0.39, 0.29) is 23.0 Å². The van der Waals surface area contributed by atoms with Crippen LogP contribution >= 0.6 is 0 Å². The minimum Gasteiger partial charge on any atom is -0.311 e. The van der Waals surface area contributed by atoms with Crippen LogP contribution in [0.1, 0.15) is 113 Å². The van der Waals surface area contributed by atoms with Crippen LogP contribution < -0.4 is 26.2 Å². The molecule has 318 valence electrons. The summed E-state index contributed by atoms with van der Waals surface area (Å²) in [5.41, 5.74) is 21.8. The Balaban J connectivity index is 1.05. The van der Waals surface area contributed by atoms with Crippen molar-refractivity contribution in [1.29, 1.82) is 0 Å². The SMILES string of the molecule is CC(C)(C)c1nc2c3c4c(cc2c2ccccc12)N1c2ccccc2C2(c5cccc(c51)B4c1cccc4c1N3c1ccccc1C41C3CC4CC(C3)CC1C4)C1CC3CC(C1)CC2C3. The molecule has 7 aromatic rings. The molecule has 0 saturated heterocycles. The average Bonchev–Trinajstić information content (AvgIpc) is 3.31. The van der Waals surface area contributed by atoms with E-state index >= 15 is 0 Å². The van der Waals surface area contributed by atoms with Gasteiger partial charge in [-0.3, -0.25) is 0 Å². The summed E-state index contributed by atoms with van der Waals surface area (Å²) in [6, 6.07) is 46.9. The number of hydrogen-bond acceptors (Lipinski definition) is 3. The van der Waals surface area contributed by atoms with Crippen molar-refractivity contribution < 1.29 is 0 Å². The lowest BCUT2D eigenvalue weighted by atomic mass is 9.31. The smallest absolute Gasteiger partial charge is 0.252 e. The van der Waals surface area contributed by atoms with Gasteiger partial charge in [0.1, 0.15) is 0 Å². The van der Waals surface area contributed by atoms with Crippen LogP contribution in [-0.4, -0.2) is 11.7 Å². The van der Waals surface area contributed by atoms with Crippen molar-refractivity contribution in [1.82, 2.24) is 4.98 Å². The molecule has 8 saturated carbocycles. The van der Waals surface area contributed by atoms with Crippen molar-refractivity contribution in [2.45, 2.75) is 101 Å². The van der Waals surface area contributed by atoms with Gasteiger partial charge < -0.3 is 9.80 Å². The van der Waals surface area contributed by atoms with Crippen LogP contribution in [0.5, 0.6) is 0 Å². The summed E-state index contributed by atoms with van der Waals surface area (Å²) in [5, 5.41) is 3.88. The highest BCUT2D eigenvalue weighted by molar-refractivity contribution is 7.00. The summed E-state index contributed by atoms with van der Waals surface area (Å²) in [6.45, 7) is 7.19. The molecule has 0 amide bonds. The van der Waals surface area contributed by atoms with Gasteiger partial charge in [-0.25, -0.2) is 4.98 Å². The van der Waals surface area contributed by atoms with Gasteiger partial charge in [-0.2, -0.15) is 0 Å². The Bertz CT molecular complexity index is 3270. The predicted molar refractivity (Wildman–Crippen MR) is 268 cm³/mol. The monoisotopic (exact) mass is 841 g/mol. The largest absolute Gasteiger partial charge is 0.311 e. The number of nitrogens with zero attached hydrogens (tertiary/aromatic N) is 3. The molecule has 0 atom stereocenters. The Hall–Kier alpha value is -5.35. The third-order valence-electron chi connectivity index (χ3n) is 20.6. The molecule has 3 nitrogen and oxygen atoms in total. The van der Waals surface area contributed by atoms with Gasteiger partial charge in [0.25, 0.3) is 6.71 Å². The lowest BCUT2D eigenvalue weighted by Crippen LogP contribution is -2.65. The third-order valence-corrected chi connectivity index (χ3v) is 20.6. The number of benzene rings is 6. The number of rotatable bonds is 0. The molecule has 8 fully saturated rings. The van der Waals surface area contributed by atoms with Crippen LogP contribution in [0.4, 0.5) is 34.1 Å². The molecule has 65 heavy (non-hydrogen) atoms. The molecule has 4 heteroatoms. The van der Waals surface area contributed by atoms with Crippen LogP contribution in [0.3, 0.4) is 0 Å². The molecule has 2 spiro atoms. The number of pyridine rings is 1. The number of fused-ring (bicyclic) bond motifs is 12. The molecule has 8 aliphatic carbocycles. The quantitative estimate of drug-likeness (QED) is 0.112. The highest BCUT2D eigenvalue weighted by Crippen LogP contribution is 2.72. The van der Waals surface area contributed by atoms with Crippen molar-refractivity contribution >= 4 is 78.9 Å². The summed E-state index contributed by atoms with van der Waals surface area (Å²) < 4.78 is 0. The summed E-state index contributed by atoms with van der Waals surface area (Å²) in [5.74, 6) is 6.38. The van der Waals surface area contributed by atoms with E-state index in [4.69, 9.17) is 4.98 Å². The maximum Gasteiger partial charge on any atom is 0.252 e. The molecular weight excluding hydrogens is 786 g/mol. The molecule has 8 bridgehead atoms. The highest BCUT2D eigenvalue weighted by Gasteiger charge is 2.65. The van der Waals surface area contributed by atoms with Crippen LogP contribution in [0, 0.1) is 47.3 Å². The fourth-order valence-electron chi connectivity index (χ4n) is 19.2. The van der Waals surface area contributed by atoms with E-state index in [1.165, 1.54) is 137 Å². The van der Waals surface area contributed by atoms with Crippen LogP contribution in [-0.2, 0) is 16.2 Å². The van der Waals surface area contributed by atoms with E-state index in [1.54, 1.807) is 22.3 Å². The molecule has 12 aliphatic rings. The minimum atomic E-state index is -0.141. The molecule has 5 heterocycles. The topological polar surface area (TPSA) is 19.4 Å². The number of anilines is 6.